The fourth-order valence-electron chi connectivity index (χ4n) is 1.62. The molecular formula is C13H15ClN2O2. The summed E-state index contributed by atoms with van der Waals surface area (Å²) in [6.07, 6.45) is 0.883. The maximum absolute atomic E-state index is 10.7. The molecule has 1 unspecified atom stereocenters. The van der Waals surface area contributed by atoms with Crippen molar-refractivity contribution in [2.45, 2.75) is 19.8 Å². The number of nitrogens with one attached hydrogen (secondary N) is 1. The smallest absolute Gasteiger partial charge is 0.303 e. The van der Waals surface area contributed by atoms with Crippen LogP contribution in [0.5, 0.6) is 0 Å². The zero-order chi connectivity index (χ0) is 13.5. The maximum Gasteiger partial charge on any atom is 0.303 e. The van der Waals surface area contributed by atoms with Crippen molar-refractivity contribution in [2.24, 2.45) is 5.92 Å². The van der Waals surface area contributed by atoms with E-state index in [-0.39, 0.29) is 12.3 Å². The Bertz CT molecular complexity index is 469. The van der Waals surface area contributed by atoms with Crippen LogP contribution < -0.4 is 5.32 Å². The van der Waals surface area contributed by atoms with Gasteiger partial charge in [0, 0.05) is 18.0 Å². The van der Waals surface area contributed by atoms with E-state index in [1.165, 1.54) is 0 Å². The molecule has 1 rings (SSSR count). The van der Waals surface area contributed by atoms with Crippen LogP contribution in [0.25, 0.3) is 0 Å². The zero-order valence-corrected chi connectivity index (χ0v) is 10.9. The number of benzene rings is 1. The van der Waals surface area contributed by atoms with Crippen molar-refractivity contribution in [3.05, 3.63) is 28.8 Å². The molecule has 0 saturated carbocycles. The zero-order valence-electron chi connectivity index (χ0n) is 10.1. The number of nitrogens with zero attached hydrogens (tertiary/aromatic N) is 1. The van der Waals surface area contributed by atoms with E-state index in [1.54, 1.807) is 18.2 Å². The average molecular weight is 267 g/mol. The van der Waals surface area contributed by atoms with Gasteiger partial charge in [0.05, 0.1) is 11.3 Å². The fraction of sp³-hybridized carbons (Fsp3) is 0.385. The third kappa shape index (κ3) is 4.27. The first-order chi connectivity index (χ1) is 8.56. The molecule has 0 aliphatic heterocycles. The lowest BCUT2D eigenvalue weighted by molar-refractivity contribution is -0.138. The van der Waals surface area contributed by atoms with Gasteiger partial charge in [-0.3, -0.25) is 4.79 Å². The van der Waals surface area contributed by atoms with Crippen molar-refractivity contribution >= 4 is 23.3 Å². The molecule has 0 spiro atoms. The molecular weight excluding hydrogens is 252 g/mol. The van der Waals surface area contributed by atoms with E-state index in [1.807, 2.05) is 6.92 Å². The van der Waals surface area contributed by atoms with Crippen molar-refractivity contribution < 1.29 is 9.90 Å². The van der Waals surface area contributed by atoms with Crippen molar-refractivity contribution in [1.29, 1.82) is 5.26 Å². The molecule has 96 valence electrons. The molecule has 0 aromatic heterocycles. The molecule has 18 heavy (non-hydrogen) atoms. The van der Waals surface area contributed by atoms with Crippen molar-refractivity contribution in [3.8, 4) is 6.07 Å². The van der Waals surface area contributed by atoms with E-state index in [0.717, 1.165) is 6.42 Å². The van der Waals surface area contributed by atoms with Crippen molar-refractivity contribution in [3.63, 3.8) is 0 Å². The van der Waals surface area contributed by atoms with Crippen LogP contribution in [-0.4, -0.2) is 17.6 Å². The molecule has 0 amide bonds. The predicted octanol–water partition coefficient (Wildman–Crippen LogP) is 3.12. The number of aliphatic carboxylic acids is 1. The van der Waals surface area contributed by atoms with Gasteiger partial charge in [0.2, 0.25) is 0 Å². The number of halogens is 1. The molecule has 1 aromatic carbocycles. The van der Waals surface area contributed by atoms with Crippen LogP contribution in [0.15, 0.2) is 18.2 Å². The Balaban J connectivity index is 2.70. The first kappa shape index (κ1) is 14.3. The molecule has 2 N–H and O–H groups in total. The highest BCUT2D eigenvalue weighted by molar-refractivity contribution is 6.30. The lowest BCUT2D eigenvalue weighted by Crippen LogP contribution is -2.17. The highest BCUT2D eigenvalue weighted by Gasteiger charge is 2.12. The lowest BCUT2D eigenvalue weighted by Gasteiger charge is -2.15. The van der Waals surface area contributed by atoms with Crippen LogP contribution in [0.4, 0.5) is 5.69 Å². The molecule has 0 aliphatic carbocycles. The molecule has 1 aromatic rings. The number of carboxylic acids is 1. The van der Waals surface area contributed by atoms with Crippen LogP contribution >= 0.6 is 11.6 Å². The Kier molecular flexibility index (Phi) is 5.47. The fourth-order valence-corrected chi connectivity index (χ4v) is 1.79. The molecule has 1 atom stereocenters. The predicted molar refractivity (Wildman–Crippen MR) is 70.7 cm³/mol. The maximum atomic E-state index is 10.7. The number of nitriles is 1. The summed E-state index contributed by atoms with van der Waals surface area (Å²) >= 11 is 5.86. The standard InChI is InChI=1S/C13H15ClN2O2/c1-2-9(5-13(17)18)8-16-12-6-11(14)4-3-10(12)7-15/h3-4,6,9,16H,2,5,8H2,1H3,(H,17,18). The second-order valence-corrected chi connectivity index (χ2v) is 4.49. The minimum Gasteiger partial charge on any atom is -0.481 e. The van der Waals surface area contributed by atoms with Gasteiger partial charge >= 0.3 is 5.97 Å². The minimum absolute atomic E-state index is 0.0352. The quantitative estimate of drug-likeness (QED) is 0.830. The van der Waals surface area contributed by atoms with E-state index in [9.17, 15) is 4.79 Å². The summed E-state index contributed by atoms with van der Waals surface area (Å²) in [4.78, 5) is 10.7. The summed E-state index contributed by atoms with van der Waals surface area (Å²) < 4.78 is 0. The topological polar surface area (TPSA) is 73.1 Å². The van der Waals surface area contributed by atoms with Gasteiger partial charge in [-0.05, 0) is 24.1 Å². The SMILES string of the molecule is CCC(CNc1cc(Cl)ccc1C#N)CC(=O)O. The summed E-state index contributed by atoms with van der Waals surface area (Å²) in [5, 5.41) is 21.3. The van der Waals surface area contributed by atoms with E-state index >= 15 is 0 Å². The number of anilines is 1. The Morgan fingerprint density at radius 1 is 1.61 bits per heavy atom. The monoisotopic (exact) mass is 266 g/mol. The van der Waals surface area contributed by atoms with Crippen molar-refractivity contribution in [2.75, 3.05) is 11.9 Å². The average Bonchev–Trinajstić information content (AvgIpc) is 2.34. The third-order valence-corrected chi connectivity index (χ3v) is 2.96. The van der Waals surface area contributed by atoms with E-state index in [2.05, 4.69) is 11.4 Å². The normalized spacial score (nSPS) is 11.6. The molecule has 4 nitrogen and oxygen atoms in total. The number of hydrogen-bond acceptors (Lipinski definition) is 3. The number of carboxylic acid groups (broad SMARTS) is 1. The number of hydrogen-bond donors (Lipinski definition) is 2. The summed E-state index contributed by atoms with van der Waals surface area (Å²) in [6.45, 7) is 2.45. The van der Waals surface area contributed by atoms with Crippen LogP contribution in [0, 0.1) is 17.2 Å². The molecule has 0 radical (unpaired) electrons. The Labute approximate surface area is 111 Å². The third-order valence-electron chi connectivity index (χ3n) is 2.72. The molecule has 5 heteroatoms. The van der Waals surface area contributed by atoms with Gasteiger partial charge in [0.25, 0.3) is 0 Å². The summed E-state index contributed by atoms with van der Waals surface area (Å²) in [7, 11) is 0. The molecule has 0 bridgehead atoms. The van der Waals surface area contributed by atoms with Gasteiger partial charge in [-0.1, -0.05) is 24.9 Å². The second-order valence-electron chi connectivity index (χ2n) is 4.05. The molecule has 0 aliphatic rings. The van der Waals surface area contributed by atoms with Crippen LogP contribution in [-0.2, 0) is 4.79 Å². The Hall–Kier alpha value is -1.73. The first-order valence-electron chi connectivity index (χ1n) is 5.72. The molecule has 0 saturated heterocycles. The highest BCUT2D eigenvalue weighted by Crippen LogP contribution is 2.21. The van der Waals surface area contributed by atoms with Crippen LogP contribution in [0.1, 0.15) is 25.3 Å². The Morgan fingerprint density at radius 3 is 2.89 bits per heavy atom. The summed E-state index contributed by atoms with van der Waals surface area (Å²) in [5.41, 5.74) is 1.15. The van der Waals surface area contributed by atoms with Gasteiger partial charge in [-0.2, -0.15) is 5.26 Å². The van der Waals surface area contributed by atoms with Crippen molar-refractivity contribution in [1.82, 2.24) is 0 Å². The second kappa shape index (κ2) is 6.87. The summed E-state index contributed by atoms with van der Waals surface area (Å²) in [5.74, 6) is -0.775. The van der Waals surface area contributed by atoms with Gasteiger partial charge in [0.1, 0.15) is 6.07 Å². The van der Waals surface area contributed by atoms with Gasteiger partial charge in [0.15, 0.2) is 0 Å². The van der Waals surface area contributed by atoms with Gasteiger partial charge in [-0.15, -0.1) is 0 Å². The number of rotatable bonds is 6. The summed E-state index contributed by atoms with van der Waals surface area (Å²) in [6, 6.07) is 7.04. The first-order valence-corrected chi connectivity index (χ1v) is 6.10. The van der Waals surface area contributed by atoms with E-state index in [4.69, 9.17) is 22.0 Å². The molecule has 0 heterocycles. The van der Waals surface area contributed by atoms with E-state index < -0.39 is 5.97 Å². The minimum atomic E-state index is -0.810. The highest BCUT2D eigenvalue weighted by atomic mass is 35.5. The largest absolute Gasteiger partial charge is 0.481 e. The molecule has 0 fully saturated rings. The number of carbonyl (C=O) groups is 1. The van der Waals surface area contributed by atoms with E-state index in [0.29, 0.717) is 22.8 Å². The lowest BCUT2D eigenvalue weighted by atomic mass is 10.0. The van der Waals surface area contributed by atoms with Gasteiger partial charge < -0.3 is 10.4 Å². The van der Waals surface area contributed by atoms with Gasteiger partial charge in [-0.25, -0.2) is 0 Å². The van der Waals surface area contributed by atoms with Crippen LogP contribution in [0.3, 0.4) is 0 Å². The Morgan fingerprint density at radius 2 is 2.33 bits per heavy atom. The van der Waals surface area contributed by atoms with Crippen LogP contribution in [0.2, 0.25) is 5.02 Å².